The summed E-state index contributed by atoms with van der Waals surface area (Å²) in [5.74, 6) is 0. The molecule has 22 valence electrons. The molecule has 0 bridgehead atoms. The van der Waals surface area contributed by atoms with Gasteiger partial charge in [-0.2, -0.15) is 0 Å². The zero-order valence-corrected chi connectivity index (χ0v) is 2.31. The second-order valence-electron chi connectivity index (χ2n) is 0.770. The maximum Gasteiger partial charge on any atom is 0.0313 e. The standard InChI is InChI=1S/C4H6/c1-2-4-3-1/h1-2H,3-4H2/i3D,4D. The molecule has 0 aromatic carbocycles. The average molecular weight is 56.1 g/mol. The van der Waals surface area contributed by atoms with Crippen LogP contribution >= 0.6 is 0 Å². The Hall–Kier alpha value is -0.260. The highest BCUT2D eigenvalue weighted by Gasteiger charge is 1.81. The van der Waals surface area contributed by atoms with Crippen molar-refractivity contribution < 1.29 is 2.74 Å². The molecule has 0 radical (unpaired) electrons. The first kappa shape index (κ1) is 0.852. The van der Waals surface area contributed by atoms with Crippen molar-refractivity contribution in [2.24, 2.45) is 0 Å². The molecule has 0 heteroatoms. The summed E-state index contributed by atoms with van der Waals surface area (Å²) in [7, 11) is 0. The van der Waals surface area contributed by atoms with Gasteiger partial charge in [-0.15, -0.1) is 0 Å². The van der Waals surface area contributed by atoms with Gasteiger partial charge in [-0.1, -0.05) is 12.2 Å². The van der Waals surface area contributed by atoms with Gasteiger partial charge in [-0.25, -0.2) is 0 Å². The fourth-order valence-corrected chi connectivity index (χ4v) is 0.111. The van der Waals surface area contributed by atoms with Crippen molar-refractivity contribution >= 4 is 0 Å². The summed E-state index contributed by atoms with van der Waals surface area (Å²) in [5.41, 5.74) is 0. The van der Waals surface area contributed by atoms with Crippen LogP contribution in [0.25, 0.3) is 0 Å². The molecule has 0 amide bonds. The van der Waals surface area contributed by atoms with Crippen LogP contribution in [0.1, 0.15) is 15.5 Å². The van der Waals surface area contributed by atoms with Gasteiger partial charge in [0, 0.05) is 2.74 Å². The molecule has 1 rings (SSSR count). The van der Waals surface area contributed by atoms with E-state index in [1.807, 2.05) is 0 Å². The van der Waals surface area contributed by atoms with E-state index in [9.17, 15) is 0 Å². The second kappa shape index (κ2) is 0.593. The van der Waals surface area contributed by atoms with Crippen LogP contribution in [0.2, 0.25) is 0 Å². The average Bonchev–Trinajstić information content (AvgIpc) is 1.61. The first-order valence-corrected chi connectivity index (χ1v) is 1.33. The lowest BCUT2D eigenvalue weighted by Crippen LogP contribution is -1.71. The van der Waals surface area contributed by atoms with Gasteiger partial charge in [0.05, 0.1) is 0 Å². The highest BCUT2D eigenvalue weighted by atomic mass is 13.9. The topological polar surface area (TPSA) is 0 Å². The number of allylic oxidation sites excluding steroid dienone is 2. The minimum atomic E-state index is -0.231. The molecule has 0 saturated carbocycles. The van der Waals surface area contributed by atoms with Gasteiger partial charge in [0.2, 0.25) is 0 Å². The first-order valence-electron chi connectivity index (χ1n) is 2.49. The highest BCUT2D eigenvalue weighted by Crippen LogP contribution is 2.01. The molecule has 2 unspecified atom stereocenters. The maximum atomic E-state index is 6.84. The van der Waals surface area contributed by atoms with Gasteiger partial charge in [-0.3, -0.25) is 0 Å². The fourth-order valence-electron chi connectivity index (χ4n) is 0.111. The summed E-state index contributed by atoms with van der Waals surface area (Å²) < 4.78 is 13.7. The lowest BCUT2D eigenvalue weighted by atomic mass is 10.1. The molecular formula is C4H6. The van der Waals surface area contributed by atoms with Crippen molar-refractivity contribution in [3.8, 4) is 0 Å². The third kappa shape index (κ3) is 0.0681. The third-order valence-corrected chi connectivity index (χ3v) is 0.444. The monoisotopic (exact) mass is 56.1 g/mol. The van der Waals surface area contributed by atoms with Gasteiger partial charge in [-0.05, 0) is 12.8 Å². The third-order valence-electron chi connectivity index (χ3n) is 0.444. The van der Waals surface area contributed by atoms with E-state index < -0.39 is 0 Å². The minimum absolute atomic E-state index is 0.231. The smallest absolute Gasteiger partial charge is 0.0313 e. The predicted octanol–water partition coefficient (Wildman–Crippen LogP) is 1.34. The van der Waals surface area contributed by atoms with Crippen LogP contribution in [-0.2, 0) is 0 Å². The molecule has 0 saturated heterocycles. The number of hydrogen-bond donors (Lipinski definition) is 0. The lowest BCUT2D eigenvalue weighted by molar-refractivity contribution is 0.962. The summed E-state index contributed by atoms with van der Waals surface area (Å²) in [4.78, 5) is 0. The van der Waals surface area contributed by atoms with E-state index >= 15 is 0 Å². The van der Waals surface area contributed by atoms with E-state index in [1.54, 1.807) is 12.2 Å². The number of hydrogen-bond acceptors (Lipinski definition) is 0. The van der Waals surface area contributed by atoms with Crippen molar-refractivity contribution in [2.45, 2.75) is 12.8 Å². The van der Waals surface area contributed by atoms with Crippen molar-refractivity contribution in [3.05, 3.63) is 12.2 Å². The van der Waals surface area contributed by atoms with Gasteiger partial charge in [0.25, 0.3) is 0 Å². The van der Waals surface area contributed by atoms with Crippen LogP contribution < -0.4 is 0 Å². The van der Waals surface area contributed by atoms with Gasteiger partial charge in [0.1, 0.15) is 0 Å². The predicted molar refractivity (Wildman–Crippen MR) is 18.4 cm³/mol. The molecule has 1 aliphatic carbocycles. The second-order valence-corrected chi connectivity index (χ2v) is 0.770. The molecule has 0 spiro atoms. The molecule has 0 N–H and O–H groups in total. The molecule has 2 atom stereocenters. The van der Waals surface area contributed by atoms with Gasteiger partial charge >= 0.3 is 0 Å². The van der Waals surface area contributed by atoms with E-state index in [0.717, 1.165) is 0 Å². The molecule has 0 aromatic rings. The summed E-state index contributed by atoms with van der Waals surface area (Å²) in [6.07, 6.45) is 2.98. The Bertz CT molecular complexity index is 67.6. The Balaban J connectivity index is 2.45. The Morgan fingerprint density at radius 2 is 2.00 bits per heavy atom. The molecule has 1 aliphatic rings. The van der Waals surface area contributed by atoms with Crippen LogP contribution in [0, 0.1) is 0 Å². The van der Waals surface area contributed by atoms with Crippen molar-refractivity contribution in [1.29, 1.82) is 0 Å². The van der Waals surface area contributed by atoms with E-state index in [4.69, 9.17) is 2.74 Å². The SMILES string of the molecule is [2H]C1C=CC1[2H]. The number of rotatable bonds is 0. The normalized spacial score (nSPS) is 64.0. The summed E-state index contributed by atoms with van der Waals surface area (Å²) in [5, 5.41) is 0. The van der Waals surface area contributed by atoms with Crippen molar-refractivity contribution in [3.63, 3.8) is 0 Å². The summed E-state index contributed by atoms with van der Waals surface area (Å²) in [6.45, 7) is 0. The van der Waals surface area contributed by atoms with Crippen molar-refractivity contribution in [1.82, 2.24) is 0 Å². The van der Waals surface area contributed by atoms with E-state index in [-0.39, 0.29) is 12.8 Å². The van der Waals surface area contributed by atoms with Gasteiger partial charge in [0.15, 0.2) is 0 Å². The summed E-state index contributed by atoms with van der Waals surface area (Å²) >= 11 is 0. The molecule has 0 aromatic heterocycles. The Labute approximate surface area is 28.9 Å². The van der Waals surface area contributed by atoms with E-state index in [0.29, 0.717) is 0 Å². The molecule has 0 nitrogen and oxygen atoms in total. The van der Waals surface area contributed by atoms with Crippen LogP contribution in [0.3, 0.4) is 0 Å². The van der Waals surface area contributed by atoms with Crippen LogP contribution in [0.5, 0.6) is 0 Å². The highest BCUT2D eigenvalue weighted by molar-refractivity contribution is 4.92. The van der Waals surface area contributed by atoms with E-state index in [1.165, 1.54) is 0 Å². The molecule has 4 heavy (non-hydrogen) atoms. The van der Waals surface area contributed by atoms with Crippen LogP contribution in [0.15, 0.2) is 12.2 Å². The lowest BCUT2D eigenvalue weighted by Gasteiger charge is -1.92. The largest absolute Gasteiger partial charge is 0.0882 e. The Morgan fingerprint density at radius 1 is 1.50 bits per heavy atom. The zero-order valence-electron chi connectivity index (χ0n) is 4.31. The summed E-state index contributed by atoms with van der Waals surface area (Å²) in [6, 6.07) is 0. The maximum absolute atomic E-state index is 6.84. The molecule has 0 aliphatic heterocycles. The van der Waals surface area contributed by atoms with Crippen LogP contribution in [-0.4, -0.2) is 0 Å². The Morgan fingerprint density at radius 3 is 2.00 bits per heavy atom. The van der Waals surface area contributed by atoms with Gasteiger partial charge < -0.3 is 0 Å². The fraction of sp³-hybridized carbons (Fsp3) is 0.500. The van der Waals surface area contributed by atoms with E-state index in [2.05, 4.69) is 0 Å². The minimum Gasteiger partial charge on any atom is -0.0882 e. The van der Waals surface area contributed by atoms with Crippen molar-refractivity contribution in [2.75, 3.05) is 0 Å². The Kier molecular flexibility index (Phi) is 0.126. The zero-order chi connectivity index (χ0) is 4.57. The first-order chi connectivity index (χ1) is 2.80. The molecule has 0 heterocycles. The quantitative estimate of drug-likeness (QED) is 0.367. The molecule has 0 fully saturated rings. The molecular weight excluding hydrogens is 48.0 g/mol. The van der Waals surface area contributed by atoms with Crippen LogP contribution in [0.4, 0.5) is 0 Å².